The molecule has 0 spiro atoms. The van der Waals surface area contributed by atoms with Gasteiger partial charge in [-0.05, 0) is 50.9 Å². The summed E-state index contributed by atoms with van der Waals surface area (Å²) in [7, 11) is 1.50. The van der Waals surface area contributed by atoms with Crippen LogP contribution in [0.3, 0.4) is 0 Å². The van der Waals surface area contributed by atoms with E-state index in [0.29, 0.717) is 17.7 Å². The normalized spacial score (nSPS) is 9.85. The Balaban J connectivity index is -0.000000840. The van der Waals surface area contributed by atoms with Crippen LogP contribution in [-0.4, -0.2) is 87.1 Å². The van der Waals surface area contributed by atoms with Gasteiger partial charge in [-0.2, -0.15) is 0 Å². The number of nitrogens with one attached hydrogen (secondary N) is 5. The van der Waals surface area contributed by atoms with E-state index < -0.39 is 29.9 Å². The molecule has 1 atom stereocenters. The van der Waals surface area contributed by atoms with Gasteiger partial charge in [0.15, 0.2) is 0 Å². The van der Waals surface area contributed by atoms with E-state index in [4.69, 9.17) is 15.3 Å². The number of rotatable bonds is 18. The highest BCUT2D eigenvalue weighted by molar-refractivity contribution is 5.96. The fourth-order valence-electron chi connectivity index (χ4n) is 3.34. The molecule has 1 aromatic carbocycles. The molecular weight excluding hydrogens is 672 g/mol. The highest BCUT2D eigenvalue weighted by Gasteiger charge is 2.24. The van der Waals surface area contributed by atoms with Crippen molar-refractivity contribution in [2.45, 2.75) is 95.2 Å². The SMILES string of the molecule is CC.CC.CC(C)=CN(N)CC(=O)NC(C(=O)NCC(=O)Nc1ccc(COC(=O)NCCOC(=O)C(C)C)cc1)C(C)C.CCCNC=O.CN. The first-order chi connectivity index (χ1) is 24.7. The number of nitrogens with two attached hydrogens (primary N) is 2. The van der Waals surface area contributed by atoms with Crippen LogP contribution in [0.25, 0.3) is 0 Å². The molecule has 1 aromatic rings. The molecule has 0 aliphatic heterocycles. The Kier molecular flexibility index (Phi) is 37.5. The fraction of sp³-hybridized carbons (Fsp3) is 0.611. The minimum Gasteiger partial charge on any atom is -0.464 e. The van der Waals surface area contributed by atoms with Crippen molar-refractivity contribution in [3.8, 4) is 0 Å². The van der Waals surface area contributed by atoms with Gasteiger partial charge in [0.25, 0.3) is 0 Å². The summed E-state index contributed by atoms with van der Waals surface area (Å²) in [5, 5.41) is 14.1. The van der Waals surface area contributed by atoms with Crippen LogP contribution < -0.4 is 38.2 Å². The molecule has 0 saturated carbocycles. The third-order valence-electron chi connectivity index (χ3n) is 5.61. The van der Waals surface area contributed by atoms with Crippen LogP contribution in [-0.2, 0) is 40.1 Å². The van der Waals surface area contributed by atoms with E-state index in [1.807, 2.05) is 48.5 Å². The first kappa shape index (κ1) is 54.1. The molecule has 0 saturated heterocycles. The number of amides is 5. The summed E-state index contributed by atoms with van der Waals surface area (Å²) in [6.07, 6.45) is 2.68. The van der Waals surface area contributed by atoms with Crippen LogP contribution in [0.5, 0.6) is 0 Å². The number of nitrogens with zero attached hydrogens (tertiary/aromatic N) is 1. The number of anilines is 1. The maximum Gasteiger partial charge on any atom is 0.407 e. The summed E-state index contributed by atoms with van der Waals surface area (Å²) in [5.41, 5.74) is 6.59. The van der Waals surface area contributed by atoms with Gasteiger partial charge in [-0.25, -0.2) is 10.6 Å². The summed E-state index contributed by atoms with van der Waals surface area (Å²) in [6, 6.07) is 5.76. The number of ether oxygens (including phenoxy) is 2. The topological polar surface area (TPSA) is 236 Å². The van der Waals surface area contributed by atoms with Crippen LogP contribution >= 0.6 is 0 Å². The molecule has 0 aliphatic rings. The summed E-state index contributed by atoms with van der Waals surface area (Å²) in [4.78, 5) is 69.8. The van der Waals surface area contributed by atoms with Crippen molar-refractivity contribution in [3.05, 3.63) is 41.6 Å². The number of alkyl carbamates (subject to hydrolysis) is 1. The van der Waals surface area contributed by atoms with Crippen LogP contribution in [0.15, 0.2) is 36.0 Å². The number of hydrazine groups is 1. The Labute approximate surface area is 311 Å². The van der Waals surface area contributed by atoms with E-state index in [9.17, 15) is 28.8 Å². The van der Waals surface area contributed by atoms with Gasteiger partial charge in [0, 0.05) is 18.4 Å². The van der Waals surface area contributed by atoms with Crippen LogP contribution in [0.1, 0.15) is 88.1 Å². The van der Waals surface area contributed by atoms with Gasteiger partial charge in [-0.15, -0.1) is 0 Å². The zero-order chi connectivity index (χ0) is 41.1. The standard InChI is InChI=1S/C27H42N6O7.C4H9NO.2C2H6.CH5N/c1-17(2)14-33(28)15-23(35)32-24(18(3)4)25(36)30-13-22(34)31-21-9-7-20(8-10-21)16-40-27(38)29-11-12-39-26(37)19(5)6;1-2-3-5-4-6;3*1-2/h7-10,14,18-19,24H,11-13,15-16,28H2,1-6H3,(H,29,38)(H,30,36)(H,31,34)(H,32,35);4H,2-3H2,1H3,(H,5,6);2*1-2H3;2H2,1H3. The first-order valence-electron chi connectivity index (χ1n) is 17.6. The molecule has 1 rings (SSSR count). The van der Waals surface area contributed by atoms with Gasteiger partial charge >= 0.3 is 12.1 Å². The van der Waals surface area contributed by atoms with Crippen molar-refractivity contribution in [2.24, 2.45) is 23.4 Å². The van der Waals surface area contributed by atoms with Gasteiger partial charge in [-0.3, -0.25) is 24.0 Å². The molecule has 16 nitrogen and oxygen atoms in total. The van der Waals surface area contributed by atoms with Crippen molar-refractivity contribution < 1.29 is 38.2 Å². The van der Waals surface area contributed by atoms with Crippen molar-refractivity contribution in [3.63, 3.8) is 0 Å². The number of benzene rings is 1. The second-order valence-electron chi connectivity index (χ2n) is 11.0. The van der Waals surface area contributed by atoms with E-state index >= 15 is 0 Å². The first-order valence-corrected chi connectivity index (χ1v) is 17.6. The largest absolute Gasteiger partial charge is 0.464 e. The number of carbonyl (C=O) groups excluding carboxylic acids is 6. The smallest absolute Gasteiger partial charge is 0.407 e. The lowest BCUT2D eigenvalue weighted by atomic mass is 10.0. The van der Waals surface area contributed by atoms with Crippen LogP contribution in [0, 0.1) is 11.8 Å². The molecule has 5 amide bonds. The van der Waals surface area contributed by atoms with Crippen molar-refractivity contribution in [2.75, 3.05) is 45.2 Å². The fourth-order valence-corrected chi connectivity index (χ4v) is 3.34. The monoisotopic (exact) mass is 741 g/mol. The van der Waals surface area contributed by atoms with Crippen molar-refractivity contribution in [1.82, 2.24) is 26.3 Å². The van der Waals surface area contributed by atoms with Gasteiger partial charge in [0.2, 0.25) is 24.1 Å². The van der Waals surface area contributed by atoms with E-state index in [0.717, 1.165) is 18.5 Å². The molecule has 52 heavy (non-hydrogen) atoms. The molecular formula is C36H68N8O8. The van der Waals surface area contributed by atoms with Crippen molar-refractivity contribution >= 4 is 41.9 Å². The lowest BCUT2D eigenvalue weighted by molar-refractivity contribution is -0.147. The molecule has 9 N–H and O–H groups in total. The second-order valence-corrected chi connectivity index (χ2v) is 11.0. The zero-order valence-electron chi connectivity index (χ0n) is 33.5. The Bertz CT molecular complexity index is 1140. The minimum atomic E-state index is -0.841. The van der Waals surface area contributed by atoms with Crippen LogP contribution in [0.4, 0.5) is 10.5 Å². The molecule has 0 aromatic heterocycles. The average molecular weight is 741 g/mol. The Morgan fingerprint density at radius 1 is 0.865 bits per heavy atom. The number of carbonyl (C=O) groups is 6. The number of esters is 1. The van der Waals surface area contributed by atoms with Gasteiger partial charge in [0.05, 0.1) is 19.0 Å². The summed E-state index contributed by atoms with van der Waals surface area (Å²) in [5.74, 6) is 3.58. The molecule has 0 fully saturated rings. The van der Waals surface area contributed by atoms with Crippen molar-refractivity contribution in [1.29, 1.82) is 0 Å². The Hall–Kier alpha value is -4.70. The molecule has 0 radical (unpaired) electrons. The van der Waals surface area contributed by atoms with Gasteiger partial charge < -0.3 is 46.8 Å². The van der Waals surface area contributed by atoms with Gasteiger partial charge in [-0.1, -0.05) is 80.0 Å². The molecule has 0 bridgehead atoms. The maximum atomic E-state index is 12.6. The molecule has 0 aliphatic carbocycles. The van der Waals surface area contributed by atoms with E-state index in [1.165, 1.54) is 12.1 Å². The Morgan fingerprint density at radius 3 is 1.90 bits per heavy atom. The van der Waals surface area contributed by atoms with Gasteiger partial charge in [0.1, 0.15) is 25.8 Å². The molecule has 16 heteroatoms. The molecule has 1 unspecified atom stereocenters. The predicted molar refractivity (Wildman–Crippen MR) is 206 cm³/mol. The number of hydrogen-bond donors (Lipinski definition) is 7. The number of hydrogen-bond acceptors (Lipinski definition) is 11. The average Bonchev–Trinajstić information content (AvgIpc) is 3.12. The summed E-state index contributed by atoms with van der Waals surface area (Å²) < 4.78 is 10.1. The quantitative estimate of drug-likeness (QED) is 0.0379. The number of allylic oxidation sites excluding steroid dienone is 1. The van der Waals surface area contributed by atoms with E-state index in [1.54, 1.807) is 58.2 Å². The Morgan fingerprint density at radius 2 is 1.44 bits per heavy atom. The maximum absolute atomic E-state index is 12.6. The highest BCUT2D eigenvalue weighted by atomic mass is 16.6. The summed E-state index contributed by atoms with van der Waals surface area (Å²) in [6.45, 7) is 21.3. The third kappa shape index (κ3) is 31.3. The second kappa shape index (κ2) is 36.1. The lowest BCUT2D eigenvalue weighted by Crippen LogP contribution is -2.53. The predicted octanol–water partition coefficient (Wildman–Crippen LogP) is 3.18. The lowest BCUT2D eigenvalue weighted by Gasteiger charge is -2.23. The summed E-state index contributed by atoms with van der Waals surface area (Å²) >= 11 is 0. The van der Waals surface area contributed by atoms with Crippen LogP contribution in [0.2, 0.25) is 0 Å². The molecule has 0 heterocycles. The van der Waals surface area contributed by atoms with E-state index in [-0.39, 0.29) is 50.7 Å². The zero-order valence-corrected chi connectivity index (χ0v) is 33.5. The highest BCUT2D eigenvalue weighted by Crippen LogP contribution is 2.10. The third-order valence-corrected chi connectivity index (χ3v) is 5.61. The molecule has 300 valence electrons. The van der Waals surface area contributed by atoms with E-state index in [2.05, 4.69) is 32.3 Å². The minimum absolute atomic E-state index is 0.000461.